The molecule has 2 amide bonds. The maximum absolute atomic E-state index is 13.8. The first-order valence-electron chi connectivity index (χ1n) is 8.82. The summed E-state index contributed by atoms with van der Waals surface area (Å²) in [5.41, 5.74) is 1.26. The van der Waals surface area contributed by atoms with Crippen LogP contribution in [0.2, 0.25) is 0 Å². The number of para-hydroxylation sites is 1. The van der Waals surface area contributed by atoms with Crippen molar-refractivity contribution in [1.29, 1.82) is 0 Å². The van der Waals surface area contributed by atoms with Gasteiger partial charge in [0.15, 0.2) is 0 Å². The molecule has 0 unspecified atom stereocenters. The minimum absolute atomic E-state index is 0.0242. The van der Waals surface area contributed by atoms with Crippen molar-refractivity contribution in [2.24, 2.45) is 17.3 Å². The van der Waals surface area contributed by atoms with Gasteiger partial charge in [0, 0.05) is 5.75 Å². The first-order valence-corrected chi connectivity index (χ1v) is 9.97. The molecule has 0 bridgehead atoms. The molecule has 0 spiro atoms. The normalized spacial score (nSPS) is 26.3. The zero-order valence-corrected chi connectivity index (χ0v) is 16.4. The molecule has 2 fully saturated rings. The number of carbonyl (C=O) groups is 2. The van der Waals surface area contributed by atoms with Crippen LogP contribution in [0.1, 0.15) is 27.7 Å². The maximum Gasteiger partial charge on any atom is 0.248 e. The molecular formula is C20H25FN2O2S. The van der Waals surface area contributed by atoms with Crippen LogP contribution in [0.3, 0.4) is 0 Å². The molecule has 0 radical (unpaired) electrons. The molecule has 1 heterocycles. The predicted molar refractivity (Wildman–Crippen MR) is 103 cm³/mol. The number of thioether (sulfide) groups is 1. The van der Waals surface area contributed by atoms with E-state index in [1.165, 1.54) is 17.7 Å². The lowest BCUT2D eigenvalue weighted by Gasteiger charge is -2.24. The molecule has 1 aliphatic carbocycles. The molecule has 3 atom stereocenters. The summed E-state index contributed by atoms with van der Waals surface area (Å²) < 4.78 is 13.8. The lowest BCUT2D eigenvalue weighted by atomic mass is 10.1. The smallest absolute Gasteiger partial charge is 0.248 e. The minimum atomic E-state index is -0.559. The number of halogens is 1. The van der Waals surface area contributed by atoms with Crippen molar-refractivity contribution in [2.45, 2.75) is 33.7 Å². The number of hydrogen-bond donors (Lipinski definition) is 1. The van der Waals surface area contributed by atoms with Crippen molar-refractivity contribution in [1.82, 2.24) is 4.90 Å². The maximum atomic E-state index is 13.8. The topological polar surface area (TPSA) is 49.4 Å². The van der Waals surface area contributed by atoms with Crippen molar-refractivity contribution in [2.75, 3.05) is 16.9 Å². The van der Waals surface area contributed by atoms with E-state index in [-0.39, 0.29) is 34.8 Å². The Hall–Kier alpha value is -1.82. The first-order chi connectivity index (χ1) is 12.2. The quantitative estimate of drug-likeness (QED) is 0.811. The Bertz CT molecular complexity index is 758. The van der Waals surface area contributed by atoms with Crippen molar-refractivity contribution in [3.63, 3.8) is 0 Å². The first kappa shape index (κ1) is 19.0. The highest BCUT2D eigenvalue weighted by molar-refractivity contribution is 7.99. The Morgan fingerprint density at radius 3 is 2.65 bits per heavy atom. The third-order valence-electron chi connectivity index (χ3n) is 5.29. The molecule has 4 nitrogen and oxygen atoms in total. The van der Waals surface area contributed by atoms with E-state index in [1.807, 2.05) is 13.8 Å². The molecule has 6 heteroatoms. The molecule has 1 aromatic rings. The molecule has 1 aromatic carbocycles. The van der Waals surface area contributed by atoms with Crippen LogP contribution in [0, 0.1) is 23.1 Å². The van der Waals surface area contributed by atoms with E-state index < -0.39 is 11.9 Å². The van der Waals surface area contributed by atoms with Gasteiger partial charge >= 0.3 is 0 Å². The average Bonchev–Trinajstić information content (AvgIpc) is 2.93. The highest BCUT2D eigenvalue weighted by Crippen LogP contribution is 2.60. The third-order valence-corrected chi connectivity index (χ3v) is 6.30. The number of carbonyl (C=O) groups excluding carboxylic acids is 2. The van der Waals surface area contributed by atoms with Crippen LogP contribution in [0.25, 0.3) is 0 Å². The third kappa shape index (κ3) is 3.52. The summed E-state index contributed by atoms with van der Waals surface area (Å²) in [4.78, 5) is 27.4. The number of allylic oxidation sites excluding steroid dienone is 2. The molecule has 1 N–H and O–H groups in total. The Morgan fingerprint density at radius 1 is 1.31 bits per heavy atom. The second-order valence-electron chi connectivity index (χ2n) is 7.86. The molecule has 140 valence electrons. The Labute approximate surface area is 158 Å². The number of nitrogens with one attached hydrogen (secondary N) is 1. The summed E-state index contributed by atoms with van der Waals surface area (Å²) in [7, 11) is 0. The fourth-order valence-corrected chi connectivity index (χ4v) is 4.82. The van der Waals surface area contributed by atoms with Gasteiger partial charge in [-0.2, -0.15) is 0 Å². The molecule has 3 rings (SSSR count). The summed E-state index contributed by atoms with van der Waals surface area (Å²) in [6, 6.07) is 5.51. The van der Waals surface area contributed by atoms with Gasteiger partial charge in [-0.15, -0.1) is 11.8 Å². The molecule has 1 aliphatic heterocycles. The van der Waals surface area contributed by atoms with E-state index in [2.05, 4.69) is 25.2 Å². The van der Waals surface area contributed by atoms with Gasteiger partial charge in [0.05, 0.1) is 17.5 Å². The van der Waals surface area contributed by atoms with E-state index in [4.69, 9.17) is 0 Å². The zero-order chi connectivity index (χ0) is 19.1. The van der Waals surface area contributed by atoms with Crippen molar-refractivity contribution < 1.29 is 14.0 Å². The van der Waals surface area contributed by atoms with Crippen LogP contribution in [0.15, 0.2) is 35.9 Å². The van der Waals surface area contributed by atoms with E-state index >= 15 is 0 Å². The molecular weight excluding hydrogens is 351 g/mol. The van der Waals surface area contributed by atoms with Crippen molar-refractivity contribution in [3.05, 3.63) is 41.7 Å². The molecule has 26 heavy (non-hydrogen) atoms. The molecule has 1 saturated heterocycles. The lowest BCUT2D eigenvalue weighted by Crippen LogP contribution is -2.45. The number of benzene rings is 1. The monoisotopic (exact) mass is 376 g/mol. The summed E-state index contributed by atoms with van der Waals surface area (Å²) in [5.74, 6) is 0.369. The summed E-state index contributed by atoms with van der Waals surface area (Å²) in [6.45, 7) is 8.26. The fraction of sp³-hybridized carbons (Fsp3) is 0.500. The number of anilines is 1. The van der Waals surface area contributed by atoms with Gasteiger partial charge in [-0.05, 0) is 37.3 Å². The number of hydrogen-bond acceptors (Lipinski definition) is 3. The molecule has 2 aliphatic rings. The molecule has 1 saturated carbocycles. The van der Waals surface area contributed by atoms with E-state index in [9.17, 15) is 14.0 Å². The van der Waals surface area contributed by atoms with Crippen molar-refractivity contribution >= 4 is 29.3 Å². The van der Waals surface area contributed by atoms with Crippen LogP contribution >= 0.6 is 11.8 Å². The predicted octanol–water partition coefficient (Wildman–Crippen LogP) is 3.90. The second kappa shape index (κ2) is 7.06. The summed E-state index contributed by atoms with van der Waals surface area (Å²) >= 11 is 1.56. The van der Waals surface area contributed by atoms with Gasteiger partial charge in [0.2, 0.25) is 11.8 Å². The number of nitrogens with zero attached hydrogens (tertiary/aromatic N) is 1. The van der Waals surface area contributed by atoms with Gasteiger partial charge in [-0.3, -0.25) is 9.59 Å². The van der Waals surface area contributed by atoms with Gasteiger partial charge in [0.1, 0.15) is 11.9 Å². The van der Waals surface area contributed by atoms with Crippen LogP contribution in [0.4, 0.5) is 10.1 Å². The fourth-order valence-electron chi connectivity index (χ4n) is 3.65. The van der Waals surface area contributed by atoms with Crippen LogP contribution < -0.4 is 5.32 Å². The SMILES string of the molecule is CC(C)=C[C@H]1[C@H](C(=O)N2CSC[C@@H]2C(=O)Nc2ccccc2F)C1(C)C. The number of amides is 2. The lowest BCUT2D eigenvalue weighted by molar-refractivity contribution is -0.138. The molecule has 0 aromatic heterocycles. The van der Waals surface area contributed by atoms with Gasteiger partial charge in [0.25, 0.3) is 0 Å². The van der Waals surface area contributed by atoms with E-state index in [0.29, 0.717) is 11.6 Å². The standard InChI is InChI=1S/C20H25FN2O2S/c1-12(2)9-13-17(20(13,3)4)19(25)23-11-26-10-16(23)18(24)22-15-8-6-5-7-14(15)21/h5-9,13,16-17H,10-11H2,1-4H3,(H,22,24)/t13-,16+,17+/m0/s1. The van der Waals surface area contributed by atoms with E-state index in [1.54, 1.807) is 28.8 Å². The Balaban J connectivity index is 1.72. The van der Waals surface area contributed by atoms with Crippen molar-refractivity contribution in [3.8, 4) is 0 Å². The van der Waals surface area contributed by atoms with E-state index in [0.717, 1.165) is 0 Å². The average molecular weight is 376 g/mol. The zero-order valence-electron chi connectivity index (χ0n) is 15.6. The summed E-state index contributed by atoms with van der Waals surface area (Å²) in [6.07, 6.45) is 2.15. The van der Waals surface area contributed by atoms with Crippen LogP contribution in [-0.2, 0) is 9.59 Å². The second-order valence-corrected chi connectivity index (χ2v) is 8.86. The van der Waals surface area contributed by atoms with Gasteiger partial charge in [-0.25, -0.2) is 4.39 Å². The summed E-state index contributed by atoms with van der Waals surface area (Å²) in [5, 5.41) is 2.63. The van der Waals surface area contributed by atoms with Crippen LogP contribution in [0.5, 0.6) is 0 Å². The largest absolute Gasteiger partial charge is 0.322 e. The van der Waals surface area contributed by atoms with Gasteiger partial charge < -0.3 is 10.2 Å². The highest BCUT2D eigenvalue weighted by atomic mass is 32.2. The van der Waals surface area contributed by atoms with Gasteiger partial charge in [-0.1, -0.05) is 37.6 Å². The Kier molecular flexibility index (Phi) is 5.15. The Morgan fingerprint density at radius 2 is 2.00 bits per heavy atom. The van der Waals surface area contributed by atoms with Crippen LogP contribution in [-0.4, -0.2) is 34.4 Å². The highest BCUT2D eigenvalue weighted by Gasteiger charge is 2.62. The minimum Gasteiger partial charge on any atom is -0.322 e. The number of rotatable bonds is 4.